The third-order valence-corrected chi connectivity index (χ3v) is 3.87. The fourth-order valence-corrected chi connectivity index (χ4v) is 2.92. The van der Waals surface area contributed by atoms with Crippen molar-refractivity contribution in [3.63, 3.8) is 0 Å². The summed E-state index contributed by atoms with van der Waals surface area (Å²) in [7, 11) is 0. The van der Waals surface area contributed by atoms with E-state index in [9.17, 15) is 10.1 Å². The molecular formula is C13H9Br2N3O2S. The summed E-state index contributed by atoms with van der Waals surface area (Å²) in [6.45, 7) is 0. The minimum Gasteiger partial charge on any atom is -0.332 e. The lowest BCUT2D eigenvalue weighted by molar-refractivity contribution is -0.384. The van der Waals surface area contributed by atoms with Gasteiger partial charge in [-0.2, -0.15) is 0 Å². The second-order valence-electron chi connectivity index (χ2n) is 4.01. The fourth-order valence-electron chi connectivity index (χ4n) is 1.54. The molecule has 0 saturated heterocycles. The van der Waals surface area contributed by atoms with Crippen molar-refractivity contribution >= 4 is 66.3 Å². The Morgan fingerprint density at radius 1 is 1.10 bits per heavy atom. The maximum Gasteiger partial charge on any atom is 0.269 e. The van der Waals surface area contributed by atoms with E-state index in [1.807, 2.05) is 18.2 Å². The molecule has 2 N–H and O–H groups in total. The third kappa shape index (κ3) is 4.48. The van der Waals surface area contributed by atoms with Crippen molar-refractivity contribution in [1.29, 1.82) is 0 Å². The first-order chi connectivity index (χ1) is 9.95. The maximum atomic E-state index is 10.6. The Balaban J connectivity index is 2.02. The van der Waals surface area contributed by atoms with E-state index in [-0.39, 0.29) is 5.69 Å². The van der Waals surface area contributed by atoms with Crippen LogP contribution in [0.5, 0.6) is 0 Å². The zero-order valence-corrected chi connectivity index (χ0v) is 14.5. The monoisotopic (exact) mass is 429 g/mol. The number of halogens is 2. The van der Waals surface area contributed by atoms with Crippen LogP contribution in [0.15, 0.2) is 51.4 Å². The molecule has 5 nitrogen and oxygen atoms in total. The predicted octanol–water partition coefficient (Wildman–Crippen LogP) is 4.93. The van der Waals surface area contributed by atoms with Gasteiger partial charge in [-0.15, -0.1) is 0 Å². The van der Waals surface area contributed by atoms with Crippen LogP contribution in [0.3, 0.4) is 0 Å². The number of nitro benzene ring substituents is 1. The quantitative estimate of drug-likeness (QED) is 0.410. The van der Waals surface area contributed by atoms with Gasteiger partial charge in [0.25, 0.3) is 5.69 Å². The molecule has 0 heterocycles. The second-order valence-corrected chi connectivity index (χ2v) is 6.19. The summed E-state index contributed by atoms with van der Waals surface area (Å²) in [5.74, 6) is 0. The number of nitrogens with one attached hydrogen (secondary N) is 2. The molecule has 0 bridgehead atoms. The number of anilines is 2. The van der Waals surface area contributed by atoms with Crippen molar-refractivity contribution in [3.8, 4) is 0 Å². The van der Waals surface area contributed by atoms with Gasteiger partial charge < -0.3 is 10.6 Å². The first-order valence-electron chi connectivity index (χ1n) is 5.73. The minimum atomic E-state index is -0.445. The van der Waals surface area contributed by atoms with Crippen LogP contribution in [0, 0.1) is 10.1 Å². The lowest BCUT2D eigenvalue weighted by atomic mass is 10.3. The molecule has 0 spiro atoms. The first kappa shape index (κ1) is 15.9. The van der Waals surface area contributed by atoms with Crippen LogP contribution in [-0.4, -0.2) is 10.0 Å². The van der Waals surface area contributed by atoms with Crippen LogP contribution in [0.25, 0.3) is 0 Å². The highest BCUT2D eigenvalue weighted by Crippen LogP contribution is 2.26. The topological polar surface area (TPSA) is 67.2 Å². The highest BCUT2D eigenvalue weighted by Gasteiger charge is 2.06. The Hall–Kier alpha value is -1.51. The predicted molar refractivity (Wildman–Crippen MR) is 94.8 cm³/mol. The Morgan fingerprint density at radius 3 is 2.33 bits per heavy atom. The van der Waals surface area contributed by atoms with E-state index in [0.717, 1.165) is 14.6 Å². The molecule has 2 aromatic carbocycles. The Labute approximate surface area is 143 Å². The number of non-ortho nitro benzene ring substituents is 1. The van der Waals surface area contributed by atoms with Crippen molar-refractivity contribution in [3.05, 3.63) is 61.5 Å². The molecule has 0 radical (unpaired) electrons. The Kier molecular flexibility index (Phi) is 5.27. The summed E-state index contributed by atoms with van der Waals surface area (Å²) in [4.78, 5) is 10.1. The van der Waals surface area contributed by atoms with Crippen molar-refractivity contribution in [1.82, 2.24) is 0 Å². The van der Waals surface area contributed by atoms with E-state index in [2.05, 4.69) is 42.5 Å². The summed E-state index contributed by atoms with van der Waals surface area (Å²) >= 11 is 12.0. The molecule has 2 rings (SSSR count). The molecule has 0 aliphatic rings. The number of thiocarbonyl (C=S) groups is 1. The van der Waals surface area contributed by atoms with Crippen molar-refractivity contribution in [2.75, 3.05) is 10.6 Å². The third-order valence-electron chi connectivity index (χ3n) is 2.52. The van der Waals surface area contributed by atoms with Crippen LogP contribution in [0.4, 0.5) is 17.1 Å². The fraction of sp³-hybridized carbons (Fsp3) is 0. The largest absolute Gasteiger partial charge is 0.332 e. The average molecular weight is 431 g/mol. The number of rotatable bonds is 3. The molecule has 0 unspecified atom stereocenters. The van der Waals surface area contributed by atoms with E-state index in [1.54, 1.807) is 12.1 Å². The molecule has 0 saturated carbocycles. The SMILES string of the molecule is O=[N+]([O-])c1ccc(NC(=S)Nc2ccc(Br)cc2Br)cc1. The second kappa shape index (κ2) is 6.97. The summed E-state index contributed by atoms with van der Waals surface area (Å²) < 4.78 is 1.82. The van der Waals surface area contributed by atoms with Crippen LogP contribution in [-0.2, 0) is 0 Å². The van der Waals surface area contributed by atoms with Gasteiger partial charge in [-0.3, -0.25) is 10.1 Å². The molecule has 0 fully saturated rings. The van der Waals surface area contributed by atoms with Gasteiger partial charge in [0.2, 0.25) is 0 Å². The highest BCUT2D eigenvalue weighted by molar-refractivity contribution is 9.11. The zero-order chi connectivity index (χ0) is 15.4. The minimum absolute atomic E-state index is 0.0371. The molecule has 2 aromatic rings. The van der Waals surface area contributed by atoms with Gasteiger partial charge in [0.1, 0.15) is 0 Å². The van der Waals surface area contributed by atoms with Gasteiger partial charge >= 0.3 is 0 Å². The van der Waals surface area contributed by atoms with Crippen molar-refractivity contribution < 1.29 is 4.92 Å². The molecule has 0 atom stereocenters. The van der Waals surface area contributed by atoms with Gasteiger partial charge in [-0.05, 0) is 58.5 Å². The maximum absolute atomic E-state index is 10.6. The molecule has 0 aliphatic carbocycles. The summed E-state index contributed by atoms with van der Waals surface area (Å²) in [6, 6.07) is 11.7. The molecule has 8 heteroatoms. The van der Waals surface area contributed by atoms with Gasteiger partial charge in [0.05, 0.1) is 10.6 Å². The van der Waals surface area contributed by atoms with E-state index < -0.39 is 4.92 Å². The van der Waals surface area contributed by atoms with Crippen LogP contribution < -0.4 is 10.6 Å². The number of nitrogens with zero attached hydrogens (tertiary/aromatic N) is 1. The number of benzene rings is 2. The van der Waals surface area contributed by atoms with E-state index in [1.165, 1.54) is 12.1 Å². The highest BCUT2D eigenvalue weighted by atomic mass is 79.9. The smallest absolute Gasteiger partial charge is 0.269 e. The Bertz CT molecular complexity index is 692. The lowest BCUT2D eigenvalue weighted by Gasteiger charge is -2.12. The number of nitro groups is 1. The summed E-state index contributed by atoms with van der Waals surface area (Å²) in [5, 5.41) is 17.0. The van der Waals surface area contributed by atoms with Gasteiger partial charge in [-0.1, -0.05) is 15.9 Å². The Morgan fingerprint density at radius 2 is 1.76 bits per heavy atom. The van der Waals surface area contributed by atoms with E-state index in [0.29, 0.717) is 10.8 Å². The average Bonchev–Trinajstić information content (AvgIpc) is 2.42. The van der Waals surface area contributed by atoms with Crippen LogP contribution in [0.1, 0.15) is 0 Å². The normalized spacial score (nSPS) is 10.0. The number of hydrogen-bond donors (Lipinski definition) is 2. The molecule has 0 aromatic heterocycles. The summed E-state index contributed by atoms with van der Waals surface area (Å²) in [5.41, 5.74) is 1.53. The first-order valence-corrected chi connectivity index (χ1v) is 7.72. The summed E-state index contributed by atoms with van der Waals surface area (Å²) in [6.07, 6.45) is 0. The molecule has 21 heavy (non-hydrogen) atoms. The zero-order valence-electron chi connectivity index (χ0n) is 10.5. The molecular weight excluding hydrogens is 422 g/mol. The molecule has 0 amide bonds. The standard InChI is InChI=1S/C13H9Br2N3O2S/c14-8-1-6-12(11(15)7-8)17-13(21)16-9-2-4-10(5-3-9)18(19)20/h1-7H,(H2,16,17,21). The van der Waals surface area contributed by atoms with E-state index >= 15 is 0 Å². The van der Waals surface area contributed by atoms with Crippen molar-refractivity contribution in [2.24, 2.45) is 0 Å². The van der Waals surface area contributed by atoms with Gasteiger partial charge in [0, 0.05) is 26.8 Å². The van der Waals surface area contributed by atoms with E-state index in [4.69, 9.17) is 12.2 Å². The van der Waals surface area contributed by atoms with Crippen LogP contribution in [0.2, 0.25) is 0 Å². The van der Waals surface area contributed by atoms with Gasteiger partial charge in [0.15, 0.2) is 5.11 Å². The van der Waals surface area contributed by atoms with Crippen LogP contribution >= 0.6 is 44.1 Å². The van der Waals surface area contributed by atoms with Crippen molar-refractivity contribution in [2.45, 2.75) is 0 Å². The molecule has 0 aliphatic heterocycles. The number of hydrogen-bond acceptors (Lipinski definition) is 3. The molecule has 108 valence electrons. The van der Waals surface area contributed by atoms with Gasteiger partial charge in [-0.25, -0.2) is 0 Å². The lowest BCUT2D eigenvalue weighted by Crippen LogP contribution is -2.19.